The van der Waals surface area contributed by atoms with Crippen LogP contribution in [-0.2, 0) is 13.1 Å². The van der Waals surface area contributed by atoms with Crippen molar-refractivity contribution in [2.24, 2.45) is 0 Å². The molecule has 0 spiro atoms. The minimum absolute atomic E-state index is 0.219. The fourth-order valence-electron chi connectivity index (χ4n) is 1.67. The predicted octanol–water partition coefficient (Wildman–Crippen LogP) is 2.20. The third-order valence-corrected chi connectivity index (χ3v) is 2.97. The lowest BCUT2D eigenvalue weighted by Gasteiger charge is -2.06. The second kappa shape index (κ2) is 6.25. The van der Waals surface area contributed by atoms with Gasteiger partial charge in [-0.15, -0.1) is 6.58 Å². The molecule has 0 fully saturated rings. The highest BCUT2D eigenvalue weighted by molar-refractivity contribution is 7.71. The average Bonchev–Trinajstić information content (AvgIpc) is 2.79. The molecule has 0 atom stereocenters. The summed E-state index contributed by atoms with van der Waals surface area (Å²) in [6.07, 6.45) is 1.69. The van der Waals surface area contributed by atoms with E-state index in [1.54, 1.807) is 10.6 Å². The average molecular weight is 292 g/mol. The fourth-order valence-corrected chi connectivity index (χ4v) is 1.89. The Labute approximate surface area is 120 Å². The molecule has 104 valence electrons. The third kappa shape index (κ3) is 3.18. The second-order valence-corrected chi connectivity index (χ2v) is 4.42. The van der Waals surface area contributed by atoms with Gasteiger partial charge < -0.3 is 5.32 Å². The Hall–Kier alpha value is -2.28. The number of carbonyl (C=O) groups excluding carboxylic acids is 1. The lowest BCUT2D eigenvalue weighted by atomic mass is 10.2. The number of hydrogen-bond acceptors (Lipinski definition) is 3. The standard InChI is InChI=1S/C13H13FN4OS/c1-2-7-18-11(16-17-13(18)20)8-15-12(19)9-3-5-10(14)6-4-9/h2-6H,1,7-8H2,(H,15,19)(H,17,20). The molecule has 20 heavy (non-hydrogen) atoms. The number of aromatic nitrogens is 3. The molecule has 0 bridgehead atoms. The number of aromatic amines is 1. The van der Waals surface area contributed by atoms with E-state index in [9.17, 15) is 9.18 Å². The molecule has 1 aromatic heterocycles. The molecule has 7 heteroatoms. The van der Waals surface area contributed by atoms with Gasteiger partial charge in [-0.2, -0.15) is 5.10 Å². The Balaban J connectivity index is 2.05. The van der Waals surface area contributed by atoms with Crippen LogP contribution in [0.25, 0.3) is 0 Å². The molecule has 1 amide bonds. The molecule has 0 radical (unpaired) electrons. The quantitative estimate of drug-likeness (QED) is 0.656. The summed E-state index contributed by atoms with van der Waals surface area (Å²) in [5, 5.41) is 9.40. The van der Waals surface area contributed by atoms with Crippen molar-refractivity contribution >= 4 is 18.1 Å². The predicted molar refractivity (Wildman–Crippen MR) is 75.2 cm³/mol. The minimum Gasteiger partial charge on any atom is -0.345 e. The summed E-state index contributed by atoms with van der Waals surface area (Å²) < 4.78 is 15.0. The number of halogens is 1. The number of nitrogens with one attached hydrogen (secondary N) is 2. The molecule has 0 aliphatic heterocycles. The summed E-state index contributed by atoms with van der Waals surface area (Å²) >= 11 is 5.07. The minimum atomic E-state index is -0.381. The Kier molecular flexibility index (Phi) is 4.41. The SMILES string of the molecule is C=CCn1c(CNC(=O)c2ccc(F)cc2)n[nH]c1=S. The number of carbonyl (C=O) groups is 1. The normalized spacial score (nSPS) is 10.2. The van der Waals surface area contributed by atoms with Crippen molar-refractivity contribution in [1.29, 1.82) is 0 Å². The van der Waals surface area contributed by atoms with Crippen LogP contribution in [-0.4, -0.2) is 20.7 Å². The molecule has 2 rings (SSSR count). The van der Waals surface area contributed by atoms with Crippen LogP contribution in [0.2, 0.25) is 0 Å². The number of allylic oxidation sites excluding steroid dienone is 1. The molecule has 1 aromatic carbocycles. The van der Waals surface area contributed by atoms with Crippen LogP contribution in [0.15, 0.2) is 36.9 Å². The van der Waals surface area contributed by atoms with Gasteiger partial charge in [0.1, 0.15) is 5.82 Å². The molecule has 5 nitrogen and oxygen atoms in total. The summed E-state index contributed by atoms with van der Waals surface area (Å²) in [6, 6.07) is 5.32. The fraction of sp³-hybridized carbons (Fsp3) is 0.154. The van der Waals surface area contributed by atoms with Crippen LogP contribution in [0, 0.1) is 10.6 Å². The van der Waals surface area contributed by atoms with Crippen molar-refractivity contribution in [2.75, 3.05) is 0 Å². The van der Waals surface area contributed by atoms with E-state index in [0.717, 1.165) is 0 Å². The lowest BCUT2D eigenvalue weighted by molar-refractivity contribution is 0.0949. The second-order valence-electron chi connectivity index (χ2n) is 4.03. The maximum absolute atomic E-state index is 12.8. The van der Waals surface area contributed by atoms with E-state index in [1.165, 1.54) is 24.3 Å². The van der Waals surface area contributed by atoms with Crippen molar-refractivity contribution in [3.05, 3.63) is 58.9 Å². The molecule has 0 unspecified atom stereocenters. The zero-order chi connectivity index (χ0) is 14.5. The summed E-state index contributed by atoms with van der Waals surface area (Å²) in [5.41, 5.74) is 0.385. The van der Waals surface area contributed by atoms with Crippen LogP contribution >= 0.6 is 12.2 Å². The number of H-pyrrole nitrogens is 1. The summed E-state index contributed by atoms with van der Waals surface area (Å²) in [5.74, 6) is -0.0807. The lowest BCUT2D eigenvalue weighted by Crippen LogP contribution is -2.24. The van der Waals surface area contributed by atoms with Gasteiger partial charge in [0.2, 0.25) is 0 Å². The first-order valence-corrected chi connectivity index (χ1v) is 6.31. The molecule has 0 saturated heterocycles. The third-order valence-electron chi connectivity index (χ3n) is 2.66. The van der Waals surface area contributed by atoms with E-state index in [0.29, 0.717) is 22.7 Å². The molecule has 0 aliphatic carbocycles. The van der Waals surface area contributed by atoms with Gasteiger partial charge in [0, 0.05) is 12.1 Å². The van der Waals surface area contributed by atoms with Gasteiger partial charge in [0.25, 0.3) is 5.91 Å². The molecule has 2 aromatic rings. The first kappa shape index (κ1) is 14.1. The monoisotopic (exact) mass is 292 g/mol. The highest BCUT2D eigenvalue weighted by Gasteiger charge is 2.09. The highest BCUT2D eigenvalue weighted by atomic mass is 32.1. The zero-order valence-corrected chi connectivity index (χ0v) is 11.4. The maximum atomic E-state index is 12.8. The number of benzene rings is 1. The Morgan fingerprint density at radius 2 is 2.20 bits per heavy atom. The van der Waals surface area contributed by atoms with E-state index in [1.807, 2.05) is 0 Å². The van der Waals surface area contributed by atoms with Gasteiger partial charge >= 0.3 is 0 Å². The summed E-state index contributed by atoms with van der Waals surface area (Å²) in [7, 11) is 0. The first-order valence-electron chi connectivity index (χ1n) is 5.90. The molecular formula is C13H13FN4OS. The molecule has 1 heterocycles. The van der Waals surface area contributed by atoms with E-state index in [-0.39, 0.29) is 18.3 Å². The molecular weight excluding hydrogens is 279 g/mol. The van der Waals surface area contributed by atoms with Crippen LogP contribution in [0.4, 0.5) is 4.39 Å². The van der Waals surface area contributed by atoms with Gasteiger partial charge in [0.15, 0.2) is 10.6 Å². The van der Waals surface area contributed by atoms with Crippen LogP contribution in [0.5, 0.6) is 0 Å². The van der Waals surface area contributed by atoms with Crippen molar-refractivity contribution in [2.45, 2.75) is 13.1 Å². The number of nitrogens with zero attached hydrogens (tertiary/aromatic N) is 2. The smallest absolute Gasteiger partial charge is 0.251 e. The van der Waals surface area contributed by atoms with Gasteiger partial charge in [-0.05, 0) is 36.5 Å². The Morgan fingerprint density at radius 3 is 2.85 bits per heavy atom. The maximum Gasteiger partial charge on any atom is 0.251 e. The zero-order valence-electron chi connectivity index (χ0n) is 10.6. The highest BCUT2D eigenvalue weighted by Crippen LogP contribution is 2.03. The molecule has 0 saturated carbocycles. The van der Waals surface area contributed by atoms with Gasteiger partial charge in [-0.3, -0.25) is 14.5 Å². The first-order chi connectivity index (χ1) is 9.61. The largest absolute Gasteiger partial charge is 0.345 e. The van der Waals surface area contributed by atoms with Crippen LogP contribution in [0.1, 0.15) is 16.2 Å². The van der Waals surface area contributed by atoms with Crippen molar-refractivity contribution in [3.8, 4) is 0 Å². The van der Waals surface area contributed by atoms with Gasteiger partial charge in [-0.1, -0.05) is 6.08 Å². The van der Waals surface area contributed by atoms with Crippen LogP contribution in [0.3, 0.4) is 0 Å². The van der Waals surface area contributed by atoms with Gasteiger partial charge in [0.05, 0.1) is 6.54 Å². The van der Waals surface area contributed by atoms with Crippen LogP contribution < -0.4 is 5.32 Å². The van der Waals surface area contributed by atoms with Crippen molar-refractivity contribution in [3.63, 3.8) is 0 Å². The van der Waals surface area contributed by atoms with E-state index in [2.05, 4.69) is 22.1 Å². The van der Waals surface area contributed by atoms with E-state index < -0.39 is 0 Å². The summed E-state index contributed by atoms with van der Waals surface area (Å²) in [4.78, 5) is 11.9. The molecule has 2 N–H and O–H groups in total. The molecule has 0 aliphatic rings. The Bertz CT molecular complexity index is 674. The van der Waals surface area contributed by atoms with Crippen molar-refractivity contribution in [1.82, 2.24) is 20.1 Å². The summed E-state index contributed by atoms with van der Waals surface area (Å²) in [6.45, 7) is 4.37. The van der Waals surface area contributed by atoms with Crippen molar-refractivity contribution < 1.29 is 9.18 Å². The van der Waals surface area contributed by atoms with E-state index >= 15 is 0 Å². The topological polar surface area (TPSA) is 62.7 Å². The Morgan fingerprint density at radius 1 is 1.50 bits per heavy atom. The van der Waals surface area contributed by atoms with Gasteiger partial charge in [-0.25, -0.2) is 4.39 Å². The number of rotatable bonds is 5. The number of hydrogen-bond donors (Lipinski definition) is 2. The number of amides is 1. The van der Waals surface area contributed by atoms with E-state index in [4.69, 9.17) is 12.2 Å².